The highest BCUT2D eigenvalue weighted by Gasteiger charge is 2.06. The lowest BCUT2D eigenvalue weighted by molar-refractivity contribution is 0.0949. The van der Waals surface area contributed by atoms with Crippen molar-refractivity contribution in [1.82, 2.24) is 5.32 Å². The molecule has 1 aromatic rings. The first-order valence-corrected chi connectivity index (χ1v) is 5.68. The second-order valence-corrected chi connectivity index (χ2v) is 4.38. The van der Waals surface area contributed by atoms with Crippen LogP contribution in [0.25, 0.3) is 0 Å². The van der Waals surface area contributed by atoms with Gasteiger partial charge in [-0.1, -0.05) is 13.8 Å². The zero-order valence-corrected chi connectivity index (χ0v) is 10.2. The lowest BCUT2D eigenvalue weighted by Gasteiger charge is -2.07. The fourth-order valence-electron chi connectivity index (χ4n) is 1.36. The average Bonchev–Trinajstić information content (AvgIpc) is 2.28. The summed E-state index contributed by atoms with van der Waals surface area (Å²) in [6, 6.07) is 6.31. The second kappa shape index (κ2) is 6.03. The maximum Gasteiger partial charge on any atom is 0.251 e. The Morgan fingerprint density at radius 3 is 2.18 bits per heavy atom. The highest BCUT2D eigenvalue weighted by atomic mass is 16.2. The molecule has 0 fully saturated rings. The van der Waals surface area contributed by atoms with Gasteiger partial charge in [0.25, 0.3) is 5.91 Å². The number of carbonyl (C=O) groups excluding carboxylic acids is 2. The number of primary amides is 1. The van der Waals surface area contributed by atoms with Gasteiger partial charge in [-0.3, -0.25) is 9.59 Å². The maximum atomic E-state index is 11.7. The zero-order chi connectivity index (χ0) is 12.8. The van der Waals surface area contributed by atoms with E-state index in [1.54, 1.807) is 24.3 Å². The van der Waals surface area contributed by atoms with E-state index in [4.69, 9.17) is 5.73 Å². The average molecular weight is 234 g/mol. The van der Waals surface area contributed by atoms with Crippen LogP contribution in [0.4, 0.5) is 0 Å². The molecule has 0 aromatic heterocycles. The van der Waals surface area contributed by atoms with E-state index in [1.807, 2.05) is 0 Å². The smallest absolute Gasteiger partial charge is 0.251 e. The molecule has 92 valence electrons. The van der Waals surface area contributed by atoms with E-state index in [0.717, 1.165) is 6.42 Å². The second-order valence-electron chi connectivity index (χ2n) is 4.38. The van der Waals surface area contributed by atoms with Gasteiger partial charge in [0.15, 0.2) is 0 Å². The van der Waals surface area contributed by atoms with Crippen LogP contribution in [0.3, 0.4) is 0 Å². The Balaban J connectivity index is 2.55. The van der Waals surface area contributed by atoms with Crippen molar-refractivity contribution in [3.63, 3.8) is 0 Å². The van der Waals surface area contributed by atoms with Crippen LogP contribution in [0.15, 0.2) is 24.3 Å². The minimum atomic E-state index is -0.489. The lowest BCUT2D eigenvalue weighted by atomic mass is 10.1. The van der Waals surface area contributed by atoms with Crippen molar-refractivity contribution >= 4 is 11.8 Å². The van der Waals surface area contributed by atoms with Gasteiger partial charge < -0.3 is 11.1 Å². The summed E-state index contributed by atoms with van der Waals surface area (Å²) in [5, 5.41) is 2.82. The molecule has 0 aliphatic rings. The summed E-state index contributed by atoms with van der Waals surface area (Å²) in [6.45, 7) is 4.87. The van der Waals surface area contributed by atoms with Gasteiger partial charge in [-0.2, -0.15) is 0 Å². The molecule has 2 amide bonds. The summed E-state index contributed by atoms with van der Waals surface area (Å²) in [5.41, 5.74) is 6.06. The van der Waals surface area contributed by atoms with Gasteiger partial charge in [-0.15, -0.1) is 0 Å². The summed E-state index contributed by atoms with van der Waals surface area (Å²) < 4.78 is 0. The fraction of sp³-hybridized carbons (Fsp3) is 0.385. The van der Waals surface area contributed by atoms with Crippen LogP contribution in [0, 0.1) is 5.92 Å². The highest BCUT2D eigenvalue weighted by molar-refractivity contribution is 5.97. The minimum absolute atomic E-state index is 0.123. The molecule has 17 heavy (non-hydrogen) atoms. The van der Waals surface area contributed by atoms with Gasteiger partial charge in [0.05, 0.1) is 0 Å². The van der Waals surface area contributed by atoms with Crippen molar-refractivity contribution < 1.29 is 9.59 Å². The molecule has 0 heterocycles. The topological polar surface area (TPSA) is 72.2 Å². The summed E-state index contributed by atoms with van der Waals surface area (Å²) in [6.07, 6.45) is 0.950. The Bertz CT molecular complexity index is 396. The third-order valence-corrected chi connectivity index (χ3v) is 2.44. The Morgan fingerprint density at radius 2 is 1.71 bits per heavy atom. The van der Waals surface area contributed by atoms with Crippen LogP contribution in [0.1, 0.15) is 41.0 Å². The van der Waals surface area contributed by atoms with Gasteiger partial charge in [0.2, 0.25) is 5.91 Å². The molecular formula is C13H18N2O2. The van der Waals surface area contributed by atoms with E-state index in [9.17, 15) is 9.59 Å². The molecule has 0 saturated carbocycles. The first kappa shape index (κ1) is 13.2. The molecule has 0 unspecified atom stereocenters. The van der Waals surface area contributed by atoms with E-state index in [1.165, 1.54) is 0 Å². The van der Waals surface area contributed by atoms with E-state index in [2.05, 4.69) is 19.2 Å². The standard InChI is InChI=1S/C13H18N2O2/c1-9(2)7-8-15-13(17)11-5-3-10(4-6-11)12(14)16/h3-6,9H,7-8H2,1-2H3,(H2,14,16)(H,15,17). The van der Waals surface area contributed by atoms with Crippen molar-refractivity contribution in [3.05, 3.63) is 35.4 Å². The SMILES string of the molecule is CC(C)CCNC(=O)c1ccc(C(N)=O)cc1. The molecule has 0 saturated heterocycles. The first-order valence-electron chi connectivity index (χ1n) is 5.68. The number of hydrogen-bond donors (Lipinski definition) is 2. The van der Waals surface area contributed by atoms with Crippen molar-refractivity contribution in [2.75, 3.05) is 6.54 Å². The quantitative estimate of drug-likeness (QED) is 0.811. The van der Waals surface area contributed by atoms with E-state index in [0.29, 0.717) is 23.6 Å². The highest BCUT2D eigenvalue weighted by Crippen LogP contribution is 2.04. The van der Waals surface area contributed by atoms with Crippen molar-refractivity contribution in [3.8, 4) is 0 Å². The third-order valence-electron chi connectivity index (χ3n) is 2.44. The number of carbonyl (C=O) groups is 2. The van der Waals surface area contributed by atoms with Crippen molar-refractivity contribution in [1.29, 1.82) is 0 Å². The summed E-state index contributed by atoms with van der Waals surface area (Å²) in [4.78, 5) is 22.5. The first-order chi connectivity index (χ1) is 8.00. The van der Waals surface area contributed by atoms with Crippen LogP contribution in [-0.4, -0.2) is 18.4 Å². The van der Waals surface area contributed by atoms with Crippen LogP contribution < -0.4 is 11.1 Å². The Labute approximate surface area is 101 Å². The fourth-order valence-corrected chi connectivity index (χ4v) is 1.36. The lowest BCUT2D eigenvalue weighted by Crippen LogP contribution is -2.25. The number of rotatable bonds is 5. The van der Waals surface area contributed by atoms with Crippen molar-refractivity contribution in [2.45, 2.75) is 20.3 Å². The van der Waals surface area contributed by atoms with E-state index >= 15 is 0 Å². The third kappa shape index (κ3) is 4.26. The molecule has 4 nitrogen and oxygen atoms in total. The van der Waals surface area contributed by atoms with E-state index in [-0.39, 0.29) is 5.91 Å². The summed E-state index contributed by atoms with van der Waals surface area (Å²) >= 11 is 0. The Hall–Kier alpha value is -1.84. The van der Waals surface area contributed by atoms with Gasteiger partial charge in [-0.25, -0.2) is 0 Å². The van der Waals surface area contributed by atoms with Gasteiger partial charge in [0, 0.05) is 17.7 Å². The number of amides is 2. The molecule has 0 atom stereocenters. The molecule has 0 radical (unpaired) electrons. The van der Waals surface area contributed by atoms with Crippen LogP contribution in [0.5, 0.6) is 0 Å². The normalized spacial score (nSPS) is 10.3. The van der Waals surface area contributed by atoms with Gasteiger partial charge in [-0.05, 0) is 36.6 Å². The monoisotopic (exact) mass is 234 g/mol. The summed E-state index contributed by atoms with van der Waals surface area (Å²) in [7, 11) is 0. The van der Waals surface area contributed by atoms with Gasteiger partial charge >= 0.3 is 0 Å². The molecule has 4 heteroatoms. The minimum Gasteiger partial charge on any atom is -0.366 e. The number of nitrogens with two attached hydrogens (primary N) is 1. The van der Waals surface area contributed by atoms with E-state index < -0.39 is 5.91 Å². The number of nitrogens with one attached hydrogen (secondary N) is 1. The molecule has 3 N–H and O–H groups in total. The van der Waals surface area contributed by atoms with Gasteiger partial charge in [0.1, 0.15) is 0 Å². The predicted molar refractivity (Wildman–Crippen MR) is 66.7 cm³/mol. The molecule has 1 rings (SSSR count). The van der Waals surface area contributed by atoms with Crippen LogP contribution in [0.2, 0.25) is 0 Å². The maximum absolute atomic E-state index is 11.7. The molecule has 1 aromatic carbocycles. The molecular weight excluding hydrogens is 216 g/mol. The van der Waals surface area contributed by atoms with Crippen LogP contribution >= 0.6 is 0 Å². The Kier molecular flexibility index (Phi) is 4.69. The number of benzene rings is 1. The van der Waals surface area contributed by atoms with Crippen LogP contribution in [-0.2, 0) is 0 Å². The Morgan fingerprint density at radius 1 is 1.18 bits per heavy atom. The molecule has 0 spiro atoms. The largest absolute Gasteiger partial charge is 0.366 e. The molecule has 0 bridgehead atoms. The molecule has 0 aliphatic heterocycles. The predicted octanol–water partition coefficient (Wildman–Crippen LogP) is 1.56. The summed E-state index contributed by atoms with van der Waals surface area (Å²) in [5.74, 6) is -0.0500. The zero-order valence-electron chi connectivity index (χ0n) is 10.2. The number of hydrogen-bond acceptors (Lipinski definition) is 2. The molecule has 0 aliphatic carbocycles. The van der Waals surface area contributed by atoms with Crippen molar-refractivity contribution in [2.24, 2.45) is 11.7 Å².